The van der Waals surface area contributed by atoms with Crippen molar-refractivity contribution < 1.29 is 14.5 Å². The van der Waals surface area contributed by atoms with Crippen LogP contribution in [0.3, 0.4) is 0 Å². The van der Waals surface area contributed by atoms with E-state index >= 15 is 0 Å². The van der Waals surface area contributed by atoms with Crippen molar-refractivity contribution in [3.05, 3.63) is 33.9 Å². The molecule has 1 aromatic carbocycles. The zero-order chi connectivity index (χ0) is 15.2. The van der Waals surface area contributed by atoms with Gasteiger partial charge in [0.05, 0.1) is 11.5 Å². The van der Waals surface area contributed by atoms with Crippen LogP contribution in [0.25, 0.3) is 0 Å². The number of nitrogens with zero attached hydrogens (tertiary/aromatic N) is 1. The van der Waals surface area contributed by atoms with Crippen LogP contribution in [0.2, 0.25) is 0 Å². The van der Waals surface area contributed by atoms with Crippen LogP contribution in [0.15, 0.2) is 18.2 Å². The topological polar surface area (TPSA) is 93.5 Å². The summed E-state index contributed by atoms with van der Waals surface area (Å²) in [4.78, 5) is 22.7. The number of amides is 1. The second-order valence-corrected chi connectivity index (χ2v) is 4.89. The fourth-order valence-corrected chi connectivity index (χ4v) is 2.32. The number of ether oxygens (including phenoxy) is 1. The maximum absolute atomic E-state index is 12.2. The van der Waals surface area contributed by atoms with Crippen molar-refractivity contribution in [3.63, 3.8) is 0 Å². The van der Waals surface area contributed by atoms with Gasteiger partial charge in [0.15, 0.2) is 5.75 Å². The van der Waals surface area contributed by atoms with E-state index in [-0.39, 0.29) is 28.9 Å². The van der Waals surface area contributed by atoms with Crippen LogP contribution in [0, 0.1) is 10.1 Å². The minimum absolute atomic E-state index is 0.0666. The summed E-state index contributed by atoms with van der Waals surface area (Å²) in [6.45, 7) is 3.77. The van der Waals surface area contributed by atoms with Gasteiger partial charge in [-0.25, -0.2) is 0 Å². The molecule has 7 heteroatoms. The molecule has 1 amide bonds. The van der Waals surface area contributed by atoms with Crippen LogP contribution in [0.5, 0.6) is 5.75 Å². The Hall–Kier alpha value is -2.15. The molecule has 1 aromatic rings. The summed E-state index contributed by atoms with van der Waals surface area (Å²) < 4.78 is 5.20. The van der Waals surface area contributed by atoms with Crippen LogP contribution >= 0.6 is 0 Å². The molecule has 0 radical (unpaired) electrons. The molecule has 1 aliphatic rings. The van der Waals surface area contributed by atoms with Crippen LogP contribution in [0.1, 0.15) is 30.1 Å². The van der Waals surface area contributed by atoms with Gasteiger partial charge in [-0.05, 0) is 38.4 Å². The number of piperidine rings is 1. The second-order valence-electron chi connectivity index (χ2n) is 4.89. The lowest BCUT2D eigenvalue weighted by molar-refractivity contribution is -0.385. The Morgan fingerprint density at radius 3 is 3.00 bits per heavy atom. The normalized spacial score (nSPS) is 18.0. The van der Waals surface area contributed by atoms with Gasteiger partial charge in [-0.1, -0.05) is 0 Å². The third kappa shape index (κ3) is 3.91. The van der Waals surface area contributed by atoms with Crippen LogP contribution in [-0.4, -0.2) is 36.6 Å². The monoisotopic (exact) mass is 293 g/mol. The standard InChI is InChI=1S/C14H19N3O4/c1-2-21-13-6-5-10(8-12(13)17(19)20)14(18)16-11-4-3-7-15-9-11/h5-6,8,11,15H,2-4,7,9H2,1H3,(H,16,18). The highest BCUT2D eigenvalue weighted by molar-refractivity contribution is 5.95. The SMILES string of the molecule is CCOc1ccc(C(=O)NC2CCCNC2)cc1[N+](=O)[O-]. The summed E-state index contributed by atoms with van der Waals surface area (Å²) in [5.74, 6) is -0.117. The number of nitro benzene ring substituents is 1. The Bertz CT molecular complexity index is 527. The minimum Gasteiger partial charge on any atom is -0.487 e. The molecule has 1 aliphatic heterocycles. The van der Waals surface area contributed by atoms with Gasteiger partial charge in [-0.3, -0.25) is 14.9 Å². The minimum atomic E-state index is -0.538. The van der Waals surface area contributed by atoms with Gasteiger partial charge in [-0.2, -0.15) is 0 Å². The van der Waals surface area contributed by atoms with Crippen molar-refractivity contribution in [2.24, 2.45) is 0 Å². The van der Waals surface area contributed by atoms with Crippen molar-refractivity contribution in [2.45, 2.75) is 25.8 Å². The van der Waals surface area contributed by atoms with E-state index in [1.165, 1.54) is 12.1 Å². The van der Waals surface area contributed by atoms with E-state index < -0.39 is 4.92 Å². The van der Waals surface area contributed by atoms with Crippen molar-refractivity contribution >= 4 is 11.6 Å². The molecule has 0 aromatic heterocycles. The highest BCUT2D eigenvalue weighted by Crippen LogP contribution is 2.28. The van der Waals surface area contributed by atoms with Gasteiger partial charge in [0.25, 0.3) is 5.91 Å². The Morgan fingerprint density at radius 2 is 2.38 bits per heavy atom. The lowest BCUT2D eigenvalue weighted by Gasteiger charge is -2.23. The molecule has 0 spiro atoms. The molecule has 7 nitrogen and oxygen atoms in total. The molecule has 1 heterocycles. The second kappa shape index (κ2) is 7.03. The lowest BCUT2D eigenvalue weighted by atomic mass is 10.1. The molecule has 114 valence electrons. The summed E-state index contributed by atoms with van der Waals surface area (Å²) in [6, 6.07) is 4.34. The molecule has 21 heavy (non-hydrogen) atoms. The molecule has 0 saturated carbocycles. The Labute approximate surface area is 122 Å². The predicted molar refractivity (Wildman–Crippen MR) is 77.6 cm³/mol. The number of hydrogen-bond donors (Lipinski definition) is 2. The lowest BCUT2D eigenvalue weighted by Crippen LogP contribution is -2.45. The smallest absolute Gasteiger partial charge is 0.311 e. The fraction of sp³-hybridized carbons (Fsp3) is 0.500. The van der Waals surface area contributed by atoms with E-state index in [1.54, 1.807) is 13.0 Å². The maximum atomic E-state index is 12.2. The molecular weight excluding hydrogens is 274 g/mol. The van der Waals surface area contributed by atoms with E-state index in [4.69, 9.17) is 4.74 Å². The molecule has 0 bridgehead atoms. The Balaban J connectivity index is 2.13. The average Bonchev–Trinajstić information content (AvgIpc) is 2.48. The van der Waals surface area contributed by atoms with Gasteiger partial charge in [0.1, 0.15) is 0 Å². The van der Waals surface area contributed by atoms with Gasteiger partial charge < -0.3 is 15.4 Å². The number of rotatable bonds is 5. The summed E-state index contributed by atoms with van der Waals surface area (Å²) >= 11 is 0. The molecule has 1 atom stereocenters. The molecule has 1 fully saturated rings. The van der Waals surface area contributed by atoms with Crippen LogP contribution in [-0.2, 0) is 0 Å². The first-order valence-corrected chi connectivity index (χ1v) is 7.04. The van der Waals surface area contributed by atoms with Crippen molar-refractivity contribution in [3.8, 4) is 5.75 Å². The number of carbonyl (C=O) groups excluding carboxylic acids is 1. The average molecular weight is 293 g/mol. The van der Waals surface area contributed by atoms with Crippen LogP contribution in [0.4, 0.5) is 5.69 Å². The maximum Gasteiger partial charge on any atom is 0.311 e. The zero-order valence-electron chi connectivity index (χ0n) is 11.9. The Kier molecular flexibility index (Phi) is 5.10. The third-order valence-electron chi connectivity index (χ3n) is 3.35. The quantitative estimate of drug-likeness (QED) is 0.633. The first-order chi connectivity index (χ1) is 10.1. The Morgan fingerprint density at radius 1 is 1.57 bits per heavy atom. The zero-order valence-corrected chi connectivity index (χ0v) is 11.9. The number of benzene rings is 1. The van der Waals surface area contributed by atoms with Crippen molar-refractivity contribution in [2.75, 3.05) is 19.7 Å². The van der Waals surface area contributed by atoms with Crippen molar-refractivity contribution in [1.82, 2.24) is 10.6 Å². The number of nitro groups is 1. The van der Waals surface area contributed by atoms with Crippen molar-refractivity contribution in [1.29, 1.82) is 0 Å². The number of nitrogens with one attached hydrogen (secondary N) is 2. The van der Waals surface area contributed by atoms with E-state index in [9.17, 15) is 14.9 Å². The van der Waals surface area contributed by atoms with E-state index in [0.29, 0.717) is 6.61 Å². The van der Waals surface area contributed by atoms with E-state index in [1.807, 2.05) is 0 Å². The summed E-state index contributed by atoms with van der Waals surface area (Å²) in [6.07, 6.45) is 1.92. The first-order valence-electron chi connectivity index (χ1n) is 7.04. The molecule has 2 N–H and O–H groups in total. The number of hydrogen-bond acceptors (Lipinski definition) is 5. The molecule has 0 aliphatic carbocycles. The summed E-state index contributed by atoms with van der Waals surface area (Å²) in [5.41, 5.74) is 0.0852. The third-order valence-corrected chi connectivity index (χ3v) is 3.35. The summed E-state index contributed by atoms with van der Waals surface area (Å²) in [7, 11) is 0. The van der Waals surface area contributed by atoms with Gasteiger partial charge in [0.2, 0.25) is 0 Å². The first kappa shape index (κ1) is 15.2. The molecule has 1 unspecified atom stereocenters. The molecule has 2 rings (SSSR count). The van der Waals surface area contributed by atoms with E-state index in [2.05, 4.69) is 10.6 Å². The molecular formula is C14H19N3O4. The molecule has 1 saturated heterocycles. The van der Waals surface area contributed by atoms with E-state index in [0.717, 1.165) is 25.9 Å². The fourth-order valence-electron chi connectivity index (χ4n) is 2.32. The predicted octanol–water partition coefficient (Wildman–Crippen LogP) is 1.48. The highest BCUT2D eigenvalue weighted by atomic mass is 16.6. The van der Waals surface area contributed by atoms with Gasteiger partial charge in [-0.15, -0.1) is 0 Å². The number of carbonyl (C=O) groups is 1. The summed E-state index contributed by atoms with van der Waals surface area (Å²) in [5, 5.41) is 17.1. The largest absolute Gasteiger partial charge is 0.487 e. The van der Waals surface area contributed by atoms with Gasteiger partial charge >= 0.3 is 5.69 Å². The highest BCUT2D eigenvalue weighted by Gasteiger charge is 2.21. The van der Waals surface area contributed by atoms with Gasteiger partial charge in [0, 0.05) is 24.2 Å². The van der Waals surface area contributed by atoms with Crippen LogP contribution < -0.4 is 15.4 Å².